The summed E-state index contributed by atoms with van der Waals surface area (Å²) in [6, 6.07) is -0.808. The van der Waals surface area contributed by atoms with E-state index in [0.29, 0.717) is 6.42 Å². The van der Waals surface area contributed by atoms with Crippen LogP contribution in [0.25, 0.3) is 0 Å². The zero-order chi connectivity index (χ0) is 49.4. The van der Waals surface area contributed by atoms with Crippen LogP contribution in [0.5, 0.6) is 0 Å². The van der Waals surface area contributed by atoms with Gasteiger partial charge in [-0.25, -0.2) is 0 Å². The summed E-state index contributed by atoms with van der Waals surface area (Å²) in [6.07, 6.45) is 58.5. The van der Waals surface area contributed by atoms with Crippen LogP contribution in [0.1, 0.15) is 251 Å². The van der Waals surface area contributed by atoms with E-state index in [1.807, 2.05) is 6.08 Å². The summed E-state index contributed by atoms with van der Waals surface area (Å²) < 4.78 is 11.3. The Hall–Kier alpha value is -2.11. The standard InChI is InChI=1S/C59H107NO8/c1-3-5-7-9-11-13-15-17-19-21-23-25-26-27-28-29-31-33-35-37-39-41-43-45-47-49-55(63)60-52(51-67-59-58(66)57(65)56(64)54(50-61)68-59)53(62)48-46-44-42-40-38-36-34-32-30-24-22-20-18-16-14-12-10-8-6-4-2/h5,7,11,13,17,19,23,25,46,48,52-54,56-59,61-62,64-66H,3-4,6,8-10,12,14-16,18,20-22,24,26-45,47,49-51H2,1-2H3,(H,60,63)/b7-5-,13-11-,19-17-,25-23-,48-46+. The van der Waals surface area contributed by atoms with E-state index in [-0.39, 0.29) is 12.5 Å². The lowest BCUT2D eigenvalue weighted by Crippen LogP contribution is -2.60. The van der Waals surface area contributed by atoms with E-state index in [2.05, 4.69) is 67.8 Å². The van der Waals surface area contributed by atoms with Crippen molar-refractivity contribution in [3.8, 4) is 0 Å². The van der Waals surface area contributed by atoms with Crippen LogP contribution in [-0.2, 0) is 14.3 Å². The maximum absolute atomic E-state index is 13.1. The lowest BCUT2D eigenvalue weighted by molar-refractivity contribution is -0.302. The highest BCUT2D eigenvalue weighted by molar-refractivity contribution is 5.76. The highest BCUT2D eigenvalue weighted by Gasteiger charge is 2.44. The Labute approximate surface area is 417 Å². The van der Waals surface area contributed by atoms with Gasteiger partial charge >= 0.3 is 0 Å². The molecule has 1 rings (SSSR count). The number of unbranched alkanes of at least 4 members (excludes halogenated alkanes) is 30. The number of rotatable bonds is 48. The molecule has 0 aromatic heterocycles. The number of amides is 1. The molecule has 0 aromatic carbocycles. The molecule has 1 aliphatic heterocycles. The van der Waals surface area contributed by atoms with Gasteiger partial charge in [0.05, 0.1) is 25.4 Å². The van der Waals surface area contributed by atoms with Crippen molar-refractivity contribution in [2.24, 2.45) is 0 Å². The van der Waals surface area contributed by atoms with Gasteiger partial charge in [0.1, 0.15) is 24.4 Å². The van der Waals surface area contributed by atoms with Crippen molar-refractivity contribution in [3.05, 3.63) is 60.8 Å². The van der Waals surface area contributed by atoms with Crippen molar-refractivity contribution in [3.63, 3.8) is 0 Å². The fraction of sp³-hybridized carbons (Fsp3) is 0.814. The van der Waals surface area contributed by atoms with Crippen LogP contribution in [0, 0.1) is 0 Å². The largest absolute Gasteiger partial charge is 0.394 e. The van der Waals surface area contributed by atoms with E-state index in [1.165, 1.54) is 167 Å². The molecule has 68 heavy (non-hydrogen) atoms. The molecule has 0 aliphatic carbocycles. The second kappa shape index (κ2) is 48.5. The molecule has 6 N–H and O–H groups in total. The molecule has 1 saturated heterocycles. The molecule has 9 nitrogen and oxygen atoms in total. The third-order valence-electron chi connectivity index (χ3n) is 13.3. The molecule has 1 aliphatic rings. The van der Waals surface area contributed by atoms with E-state index in [9.17, 15) is 30.3 Å². The highest BCUT2D eigenvalue weighted by Crippen LogP contribution is 2.23. The molecule has 396 valence electrons. The quantitative estimate of drug-likeness (QED) is 0.0261. The molecule has 0 bridgehead atoms. The fourth-order valence-corrected chi connectivity index (χ4v) is 8.85. The van der Waals surface area contributed by atoms with Gasteiger partial charge in [-0.2, -0.15) is 0 Å². The molecule has 7 unspecified atom stereocenters. The summed E-state index contributed by atoms with van der Waals surface area (Å²) >= 11 is 0. The zero-order valence-electron chi connectivity index (χ0n) is 43.9. The number of ether oxygens (including phenoxy) is 2. The summed E-state index contributed by atoms with van der Waals surface area (Å²) in [4.78, 5) is 13.1. The van der Waals surface area contributed by atoms with Crippen LogP contribution in [-0.4, -0.2) is 87.5 Å². The summed E-state index contributed by atoms with van der Waals surface area (Å²) in [6.45, 7) is 3.68. The first-order chi connectivity index (χ1) is 33.3. The average molecular weight is 959 g/mol. The van der Waals surface area contributed by atoms with Gasteiger partial charge < -0.3 is 40.3 Å². The van der Waals surface area contributed by atoms with Gasteiger partial charge in [-0.3, -0.25) is 4.79 Å². The molecule has 1 fully saturated rings. The molecule has 1 amide bonds. The SMILES string of the molecule is CC/C=C\C/C=C\C/C=C\C/C=C\CCCCCCCCCCCCCCC(=O)NC(COC1OC(CO)C(O)C(O)C1O)C(O)/C=C/CCCCCCCCCCCCCCCCCCCC. The summed E-state index contributed by atoms with van der Waals surface area (Å²) in [5, 5.41) is 54.5. The Morgan fingerprint density at radius 3 is 1.35 bits per heavy atom. The number of hydrogen-bond donors (Lipinski definition) is 6. The lowest BCUT2D eigenvalue weighted by atomic mass is 9.99. The summed E-state index contributed by atoms with van der Waals surface area (Å²) in [7, 11) is 0. The summed E-state index contributed by atoms with van der Waals surface area (Å²) in [5.41, 5.74) is 0. The molecule has 7 atom stereocenters. The number of allylic oxidation sites excluding steroid dienone is 9. The van der Waals surface area contributed by atoms with Gasteiger partial charge in [0.15, 0.2) is 6.29 Å². The third kappa shape index (κ3) is 37.7. The normalized spacial score (nSPS) is 20.0. The molecular formula is C59H107NO8. The number of hydrogen-bond acceptors (Lipinski definition) is 8. The molecular weight excluding hydrogens is 851 g/mol. The number of carbonyl (C=O) groups is 1. The highest BCUT2D eigenvalue weighted by atomic mass is 16.7. The van der Waals surface area contributed by atoms with E-state index in [1.54, 1.807) is 6.08 Å². The van der Waals surface area contributed by atoms with Gasteiger partial charge in [0.25, 0.3) is 0 Å². The van der Waals surface area contributed by atoms with Gasteiger partial charge in [-0.05, 0) is 57.8 Å². The minimum absolute atomic E-state index is 0.179. The predicted octanol–water partition coefficient (Wildman–Crippen LogP) is 13.9. The maximum Gasteiger partial charge on any atom is 0.220 e. The van der Waals surface area contributed by atoms with Crippen LogP contribution < -0.4 is 5.32 Å². The molecule has 9 heteroatoms. The monoisotopic (exact) mass is 958 g/mol. The Morgan fingerprint density at radius 1 is 0.515 bits per heavy atom. The van der Waals surface area contributed by atoms with Crippen LogP contribution >= 0.6 is 0 Å². The zero-order valence-corrected chi connectivity index (χ0v) is 43.9. The molecule has 0 radical (unpaired) electrons. The lowest BCUT2D eigenvalue weighted by Gasteiger charge is -2.40. The summed E-state index contributed by atoms with van der Waals surface area (Å²) in [5.74, 6) is -0.179. The van der Waals surface area contributed by atoms with Crippen LogP contribution in [0.3, 0.4) is 0 Å². The van der Waals surface area contributed by atoms with Crippen LogP contribution in [0.4, 0.5) is 0 Å². The van der Waals surface area contributed by atoms with Crippen LogP contribution in [0.15, 0.2) is 60.8 Å². The number of nitrogens with one attached hydrogen (secondary N) is 1. The minimum Gasteiger partial charge on any atom is -0.394 e. The van der Waals surface area contributed by atoms with Crippen molar-refractivity contribution < 1.29 is 39.8 Å². The van der Waals surface area contributed by atoms with Crippen LogP contribution in [0.2, 0.25) is 0 Å². The number of carbonyl (C=O) groups excluding carboxylic acids is 1. The maximum atomic E-state index is 13.1. The van der Waals surface area contributed by atoms with Crippen molar-refractivity contribution in [2.45, 2.75) is 294 Å². The Balaban J connectivity index is 2.24. The topological polar surface area (TPSA) is 149 Å². The molecule has 0 spiro atoms. The molecule has 0 aromatic rings. The smallest absolute Gasteiger partial charge is 0.220 e. The van der Waals surface area contributed by atoms with Crippen molar-refractivity contribution in [1.82, 2.24) is 5.32 Å². The number of aliphatic hydroxyl groups excluding tert-OH is 5. The van der Waals surface area contributed by atoms with Crippen molar-refractivity contribution in [1.29, 1.82) is 0 Å². The minimum atomic E-state index is -1.57. The second-order valence-electron chi connectivity index (χ2n) is 19.7. The Morgan fingerprint density at radius 2 is 0.912 bits per heavy atom. The third-order valence-corrected chi connectivity index (χ3v) is 13.3. The predicted molar refractivity (Wildman–Crippen MR) is 286 cm³/mol. The van der Waals surface area contributed by atoms with E-state index < -0.39 is 49.5 Å². The van der Waals surface area contributed by atoms with E-state index in [4.69, 9.17) is 9.47 Å². The first-order valence-corrected chi connectivity index (χ1v) is 28.5. The van der Waals surface area contributed by atoms with Gasteiger partial charge in [-0.15, -0.1) is 0 Å². The van der Waals surface area contributed by atoms with Gasteiger partial charge in [-0.1, -0.05) is 248 Å². The first-order valence-electron chi connectivity index (χ1n) is 28.5. The Kier molecular flexibility index (Phi) is 45.6. The van der Waals surface area contributed by atoms with E-state index >= 15 is 0 Å². The second-order valence-corrected chi connectivity index (χ2v) is 19.7. The molecule has 0 saturated carbocycles. The number of aliphatic hydroxyl groups is 5. The Bertz CT molecular complexity index is 1250. The molecule has 1 heterocycles. The first kappa shape index (κ1) is 63.9. The average Bonchev–Trinajstić information content (AvgIpc) is 3.34. The fourth-order valence-electron chi connectivity index (χ4n) is 8.85. The van der Waals surface area contributed by atoms with Crippen molar-refractivity contribution in [2.75, 3.05) is 13.2 Å². The van der Waals surface area contributed by atoms with Gasteiger partial charge in [0, 0.05) is 6.42 Å². The van der Waals surface area contributed by atoms with Gasteiger partial charge in [0.2, 0.25) is 5.91 Å². The van der Waals surface area contributed by atoms with E-state index in [0.717, 1.165) is 64.2 Å². The van der Waals surface area contributed by atoms with Crippen molar-refractivity contribution >= 4 is 5.91 Å².